The second-order valence-electron chi connectivity index (χ2n) is 6.10. The summed E-state index contributed by atoms with van der Waals surface area (Å²) >= 11 is 0. The van der Waals surface area contributed by atoms with Crippen molar-refractivity contribution in [2.24, 2.45) is 0 Å². The number of carbonyl (C=O) groups excluding carboxylic acids is 2. The van der Waals surface area contributed by atoms with Gasteiger partial charge in [0.2, 0.25) is 0 Å². The number of rotatable bonds is 3. The minimum atomic E-state index is -0.445. The molecule has 2 aromatic rings. The van der Waals surface area contributed by atoms with E-state index in [2.05, 4.69) is 5.32 Å². The van der Waals surface area contributed by atoms with Gasteiger partial charge >= 0.3 is 0 Å². The Morgan fingerprint density at radius 3 is 2.40 bits per heavy atom. The third kappa shape index (κ3) is 4.15. The lowest BCUT2D eigenvalue weighted by Gasteiger charge is -2.32. The van der Waals surface area contributed by atoms with Crippen molar-refractivity contribution in [3.05, 3.63) is 65.5 Å². The van der Waals surface area contributed by atoms with Gasteiger partial charge in [0.1, 0.15) is 11.6 Å². The Bertz CT molecular complexity index is 786. The molecule has 0 radical (unpaired) electrons. The van der Waals surface area contributed by atoms with Crippen LogP contribution in [0.2, 0.25) is 0 Å². The van der Waals surface area contributed by atoms with E-state index in [0.29, 0.717) is 37.1 Å². The molecule has 2 aromatic carbocycles. The molecule has 5 nitrogen and oxygen atoms in total. The van der Waals surface area contributed by atoms with Gasteiger partial charge in [0.25, 0.3) is 11.8 Å². The SMILES string of the molecule is O=C(NC1CCN(C(=O)c2cccc(O)c2)CC1)c1cccc(F)c1. The average Bonchev–Trinajstić information content (AvgIpc) is 2.62. The van der Waals surface area contributed by atoms with Crippen LogP contribution >= 0.6 is 0 Å². The fourth-order valence-electron chi connectivity index (χ4n) is 2.95. The standard InChI is InChI=1S/C19H19FN2O3/c20-15-5-1-3-13(11-15)18(24)21-16-7-9-22(10-8-16)19(25)14-4-2-6-17(23)12-14/h1-6,11-12,16,23H,7-10H2,(H,21,24). The maximum absolute atomic E-state index is 13.2. The van der Waals surface area contributed by atoms with Gasteiger partial charge in [-0.3, -0.25) is 9.59 Å². The van der Waals surface area contributed by atoms with E-state index >= 15 is 0 Å². The zero-order valence-electron chi connectivity index (χ0n) is 13.6. The largest absolute Gasteiger partial charge is 0.508 e. The average molecular weight is 342 g/mol. The molecule has 1 heterocycles. The summed E-state index contributed by atoms with van der Waals surface area (Å²) in [7, 11) is 0. The van der Waals surface area contributed by atoms with Gasteiger partial charge in [-0.1, -0.05) is 12.1 Å². The summed E-state index contributed by atoms with van der Waals surface area (Å²) in [5.41, 5.74) is 0.737. The molecule has 2 amide bonds. The van der Waals surface area contributed by atoms with Gasteiger partial charge in [-0.05, 0) is 49.2 Å². The van der Waals surface area contributed by atoms with Crippen molar-refractivity contribution < 1.29 is 19.1 Å². The summed E-state index contributed by atoms with van der Waals surface area (Å²) in [4.78, 5) is 26.3. The monoisotopic (exact) mass is 342 g/mol. The number of piperidine rings is 1. The number of hydrogen-bond acceptors (Lipinski definition) is 3. The number of benzene rings is 2. The quantitative estimate of drug-likeness (QED) is 0.901. The molecule has 130 valence electrons. The lowest BCUT2D eigenvalue weighted by atomic mass is 10.0. The molecule has 1 aliphatic rings. The molecule has 0 atom stereocenters. The first kappa shape index (κ1) is 17.0. The molecule has 0 aliphatic carbocycles. The lowest BCUT2D eigenvalue weighted by Crippen LogP contribution is -2.46. The van der Waals surface area contributed by atoms with E-state index in [0.717, 1.165) is 0 Å². The summed E-state index contributed by atoms with van der Waals surface area (Å²) < 4.78 is 13.2. The van der Waals surface area contributed by atoms with E-state index in [1.165, 1.54) is 30.3 Å². The van der Waals surface area contributed by atoms with E-state index in [9.17, 15) is 19.1 Å². The Balaban J connectivity index is 1.55. The van der Waals surface area contributed by atoms with Crippen LogP contribution in [-0.2, 0) is 0 Å². The fraction of sp³-hybridized carbons (Fsp3) is 0.263. The molecule has 0 aromatic heterocycles. The van der Waals surface area contributed by atoms with Gasteiger partial charge in [-0.15, -0.1) is 0 Å². The van der Waals surface area contributed by atoms with Crippen molar-refractivity contribution in [1.82, 2.24) is 10.2 Å². The maximum atomic E-state index is 13.2. The molecule has 1 fully saturated rings. The molecular formula is C19H19FN2O3. The topological polar surface area (TPSA) is 69.6 Å². The highest BCUT2D eigenvalue weighted by Crippen LogP contribution is 2.17. The van der Waals surface area contributed by atoms with Gasteiger partial charge in [0.05, 0.1) is 0 Å². The number of nitrogens with zero attached hydrogens (tertiary/aromatic N) is 1. The highest BCUT2D eigenvalue weighted by atomic mass is 19.1. The first-order chi connectivity index (χ1) is 12.0. The molecule has 25 heavy (non-hydrogen) atoms. The Labute approximate surface area is 145 Å². The summed E-state index contributed by atoms with van der Waals surface area (Å²) in [6.45, 7) is 1.03. The number of phenolic OH excluding ortho intramolecular Hbond substituents is 1. The summed E-state index contributed by atoms with van der Waals surface area (Å²) in [6, 6.07) is 11.8. The number of amides is 2. The van der Waals surface area contributed by atoms with Crippen LogP contribution in [0.25, 0.3) is 0 Å². The third-order valence-electron chi connectivity index (χ3n) is 4.30. The van der Waals surface area contributed by atoms with Crippen molar-refractivity contribution >= 4 is 11.8 Å². The number of aromatic hydroxyl groups is 1. The minimum absolute atomic E-state index is 0.0519. The number of carbonyl (C=O) groups is 2. The number of phenols is 1. The smallest absolute Gasteiger partial charge is 0.253 e. The van der Waals surface area contributed by atoms with E-state index in [4.69, 9.17) is 0 Å². The summed E-state index contributed by atoms with van der Waals surface area (Å²) in [5, 5.41) is 12.4. The lowest BCUT2D eigenvalue weighted by molar-refractivity contribution is 0.0697. The van der Waals surface area contributed by atoms with Crippen LogP contribution in [0.1, 0.15) is 33.6 Å². The van der Waals surface area contributed by atoms with Gasteiger partial charge < -0.3 is 15.3 Å². The molecule has 0 spiro atoms. The Kier molecular flexibility index (Phi) is 4.97. The van der Waals surface area contributed by atoms with Gasteiger partial charge in [-0.25, -0.2) is 4.39 Å². The number of hydrogen-bond donors (Lipinski definition) is 2. The predicted octanol–water partition coefficient (Wildman–Crippen LogP) is 2.57. The first-order valence-corrected chi connectivity index (χ1v) is 8.17. The second kappa shape index (κ2) is 7.34. The maximum Gasteiger partial charge on any atom is 0.253 e. The van der Waals surface area contributed by atoms with Crippen LogP contribution < -0.4 is 5.32 Å². The highest BCUT2D eigenvalue weighted by Gasteiger charge is 2.25. The summed E-state index contributed by atoms with van der Waals surface area (Å²) in [6.07, 6.45) is 1.26. The normalized spacial score (nSPS) is 15.0. The van der Waals surface area contributed by atoms with Crippen molar-refractivity contribution in [3.63, 3.8) is 0 Å². The van der Waals surface area contributed by atoms with Crippen LogP contribution in [0.5, 0.6) is 5.75 Å². The van der Waals surface area contributed by atoms with Crippen molar-refractivity contribution in [2.45, 2.75) is 18.9 Å². The zero-order valence-corrected chi connectivity index (χ0v) is 13.6. The van der Waals surface area contributed by atoms with Gasteiger partial charge in [-0.2, -0.15) is 0 Å². The third-order valence-corrected chi connectivity index (χ3v) is 4.30. The van der Waals surface area contributed by atoms with Crippen LogP contribution in [0, 0.1) is 5.82 Å². The molecule has 0 unspecified atom stereocenters. The molecule has 1 aliphatic heterocycles. The van der Waals surface area contributed by atoms with Crippen LogP contribution in [0.15, 0.2) is 48.5 Å². The molecule has 6 heteroatoms. The minimum Gasteiger partial charge on any atom is -0.508 e. The van der Waals surface area contributed by atoms with E-state index in [1.54, 1.807) is 23.1 Å². The van der Waals surface area contributed by atoms with E-state index in [-0.39, 0.29) is 23.6 Å². The highest BCUT2D eigenvalue weighted by molar-refractivity contribution is 5.95. The fourth-order valence-corrected chi connectivity index (χ4v) is 2.95. The molecule has 2 N–H and O–H groups in total. The van der Waals surface area contributed by atoms with Gasteiger partial charge in [0, 0.05) is 30.3 Å². The molecule has 3 rings (SSSR count). The number of likely N-dealkylation sites (tertiary alicyclic amines) is 1. The Morgan fingerprint density at radius 2 is 1.72 bits per heavy atom. The van der Waals surface area contributed by atoms with E-state index < -0.39 is 5.82 Å². The zero-order chi connectivity index (χ0) is 17.8. The van der Waals surface area contributed by atoms with Crippen LogP contribution in [0.4, 0.5) is 4.39 Å². The van der Waals surface area contributed by atoms with Gasteiger partial charge in [0.15, 0.2) is 0 Å². The Hall–Kier alpha value is -2.89. The number of halogens is 1. The van der Waals surface area contributed by atoms with Crippen molar-refractivity contribution in [1.29, 1.82) is 0 Å². The summed E-state index contributed by atoms with van der Waals surface area (Å²) in [5.74, 6) is -0.828. The Morgan fingerprint density at radius 1 is 1.04 bits per heavy atom. The predicted molar refractivity (Wildman–Crippen MR) is 90.9 cm³/mol. The van der Waals surface area contributed by atoms with Crippen molar-refractivity contribution in [2.75, 3.05) is 13.1 Å². The van der Waals surface area contributed by atoms with E-state index in [1.807, 2.05) is 0 Å². The molecule has 0 saturated carbocycles. The first-order valence-electron chi connectivity index (χ1n) is 8.17. The van der Waals surface area contributed by atoms with Crippen LogP contribution in [0.3, 0.4) is 0 Å². The molecular weight excluding hydrogens is 323 g/mol. The molecule has 1 saturated heterocycles. The number of nitrogens with one attached hydrogen (secondary N) is 1. The van der Waals surface area contributed by atoms with Crippen molar-refractivity contribution in [3.8, 4) is 5.75 Å². The molecule has 0 bridgehead atoms. The second-order valence-corrected chi connectivity index (χ2v) is 6.10. The van der Waals surface area contributed by atoms with Crippen LogP contribution in [-0.4, -0.2) is 41.0 Å².